The molecule has 168 valence electrons. The van der Waals surface area contributed by atoms with Crippen molar-refractivity contribution in [3.05, 3.63) is 64.7 Å². The van der Waals surface area contributed by atoms with Crippen molar-refractivity contribution in [1.29, 1.82) is 0 Å². The summed E-state index contributed by atoms with van der Waals surface area (Å²) < 4.78 is 15.5. The summed E-state index contributed by atoms with van der Waals surface area (Å²) in [6, 6.07) is 12.6. The van der Waals surface area contributed by atoms with E-state index in [1.54, 1.807) is 30.7 Å². The maximum atomic E-state index is 12.6. The first-order chi connectivity index (χ1) is 15.5. The van der Waals surface area contributed by atoms with E-state index in [0.29, 0.717) is 34.4 Å². The largest absolute Gasteiger partial charge is 0.497 e. The molecule has 1 aromatic heterocycles. The third-order valence-electron chi connectivity index (χ3n) is 4.62. The Labute approximate surface area is 190 Å². The van der Waals surface area contributed by atoms with Gasteiger partial charge in [0.25, 0.3) is 5.91 Å². The van der Waals surface area contributed by atoms with Crippen molar-refractivity contribution >= 4 is 28.3 Å². The summed E-state index contributed by atoms with van der Waals surface area (Å²) in [5.41, 5.74) is 2.09. The Morgan fingerprint density at radius 1 is 0.938 bits per heavy atom. The smallest absolute Gasteiger partial charge is 0.257 e. The van der Waals surface area contributed by atoms with Crippen LogP contribution in [0.25, 0.3) is 0 Å². The lowest BCUT2D eigenvalue weighted by atomic mass is 10.1. The molecular weight excluding hydrogens is 430 g/mol. The van der Waals surface area contributed by atoms with Gasteiger partial charge in [0.05, 0.1) is 33.4 Å². The van der Waals surface area contributed by atoms with Crippen molar-refractivity contribution in [1.82, 2.24) is 10.3 Å². The van der Waals surface area contributed by atoms with E-state index in [1.165, 1.54) is 25.6 Å². The lowest BCUT2D eigenvalue weighted by Crippen LogP contribution is -2.27. The second kappa shape index (κ2) is 11.1. The van der Waals surface area contributed by atoms with Crippen LogP contribution in [0.2, 0.25) is 0 Å². The second-order valence-corrected chi connectivity index (χ2v) is 7.68. The van der Waals surface area contributed by atoms with Crippen molar-refractivity contribution in [2.45, 2.75) is 12.8 Å². The molecule has 0 bridgehead atoms. The number of amides is 2. The monoisotopic (exact) mass is 455 g/mol. The number of methoxy groups -OCH3 is 3. The molecule has 1 heterocycles. The summed E-state index contributed by atoms with van der Waals surface area (Å²) in [5, 5.41) is 7.80. The van der Waals surface area contributed by atoms with Gasteiger partial charge in [0.15, 0.2) is 5.13 Å². The van der Waals surface area contributed by atoms with Gasteiger partial charge in [0.1, 0.15) is 17.2 Å². The summed E-state index contributed by atoms with van der Waals surface area (Å²) in [5.74, 6) is 1.36. The topological polar surface area (TPSA) is 98.8 Å². The number of hydrogen-bond acceptors (Lipinski definition) is 7. The lowest BCUT2D eigenvalue weighted by molar-refractivity contribution is -0.120. The molecule has 0 aliphatic rings. The molecule has 0 aliphatic heterocycles. The zero-order valence-electron chi connectivity index (χ0n) is 18.1. The maximum absolute atomic E-state index is 12.6. The standard InChI is InChI=1S/C23H25N3O5S/c1-29-18-6-4-15(5-7-18)8-9-24-21(27)12-17-14-32-23(25-17)26-22(28)16-10-19(30-2)13-20(11-16)31-3/h4-7,10-11,13-14H,8-9,12H2,1-3H3,(H,24,27)(H,25,26,28). The van der Waals surface area contributed by atoms with Crippen LogP contribution in [0.3, 0.4) is 0 Å². The van der Waals surface area contributed by atoms with Crippen LogP contribution in [0.4, 0.5) is 5.13 Å². The van der Waals surface area contributed by atoms with Crippen LogP contribution in [0, 0.1) is 0 Å². The van der Waals surface area contributed by atoms with Crippen molar-refractivity contribution in [2.24, 2.45) is 0 Å². The zero-order chi connectivity index (χ0) is 22.9. The molecule has 0 unspecified atom stereocenters. The minimum atomic E-state index is -0.341. The van der Waals surface area contributed by atoms with Gasteiger partial charge in [-0.2, -0.15) is 0 Å². The van der Waals surface area contributed by atoms with Gasteiger partial charge in [-0.1, -0.05) is 12.1 Å². The number of carbonyl (C=O) groups excluding carboxylic acids is 2. The molecule has 0 atom stereocenters. The third kappa shape index (κ3) is 6.45. The number of rotatable bonds is 10. The average molecular weight is 456 g/mol. The molecule has 3 aromatic rings. The fourth-order valence-electron chi connectivity index (χ4n) is 2.92. The van der Waals surface area contributed by atoms with Gasteiger partial charge in [0.2, 0.25) is 5.91 Å². The predicted molar refractivity (Wildman–Crippen MR) is 123 cm³/mol. The second-order valence-electron chi connectivity index (χ2n) is 6.82. The Hall–Kier alpha value is -3.59. The minimum absolute atomic E-state index is 0.126. The van der Waals surface area contributed by atoms with Crippen LogP contribution in [-0.2, 0) is 17.6 Å². The van der Waals surface area contributed by atoms with Crippen LogP contribution >= 0.6 is 11.3 Å². The van der Waals surface area contributed by atoms with Gasteiger partial charge >= 0.3 is 0 Å². The minimum Gasteiger partial charge on any atom is -0.497 e. The molecule has 0 saturated heterocycles. The van der Waals surface area contributed by atoms with Crippen LogP contribution in [0.1, 0.15) is 21.6 Å². The summed E-state index contributed by atoms with van der Waals surface area (Å²) in [7, 11) is 4.66. The molecule has 9 heteroatoms. The fourth-order valence-corrected chi connectivity index (χ4v) is 3.62. The van der Waals surface area contributed by atoms with E-state index in [0.717, 1.165) is 17.7 Å². The summed E-state index contributed by atoms with van der Waals surface area (Å²) >= 11 is 1.26. The highest BCUT2D eigenvalue weighted by molar-refractivity contribution is 7.14. The number of anilines is 1. The first-order valence-electron chi connectivity index (χ1n) is 9.89. The van der Waals surface area contributed by atoms with Gasteiger partial charge < -0.3 is 19.5 Å². The molecule has 2 aromatic carbocycles. The Kier molecular flexibility index (Phi) is 8.04. The summed E-state index contributed by atoms with van der Waals surface area (Å²) in [4.78, 5) is 29.1. The molecular formula is C23H25N3O5S. The summed E-state index contributed by atoms with van der Waals surface area (Å²) in [6.45, 7) is 0.524. The molecule has 32 heavy (non-hydrogen) atoms. The first-order valence-corrected chi connectivity index (χ1v) is 10.8. The van der Waals surface area contributed by atoms with Crippen LogP contribution in [-0.4, -0.2) is 44.7 Å². The molecule has 0 aliphatic carbocycles. The van der Waals surface area contributed by atoms with Crippen LogP contribution in [0.5, 0.6) is 17.2 Å². The van der Waals surface area contributed by atoms with Gasteiger partial charge in [-0.3, -0.25) is 14.9 Å². The van der Waals surface area contributed by atoms with Gasteiger partial charge in [-0.05, 0) is 36.2 Å². The molecule has 0 saturated carbocycles. The number of benzene rings is 2. The fraction of sp³-hybridized carbons (Fsp3) is 0.261. The average Bonchev–Trinajstić information content (AvgIpc) is 3.25. The van der Waals surface area contributed by atoms with Crippen LogP contribution < -0.4 is 24.8 Å². The van der Waals surface area contributed by atoms with Gasteiger partial charge in [0, 0.05) is 23.6 Å². The molecule has 2 amide bonds. The van der Waals surface area contributed by atoms with E-state index in [4.69, 9.17) is 14.2 Å². The van der Waals surface area contributed by atoms with E-state index in [1.807, 2.05) is 24.3 Å². The van der Waals surface area contributed by atoms with Crippen molar-refractivity contribution in [3.8, 4) is 17.2 Å². The highest BCUT2D eigenvalue weighted by atomic mass is 32.1. The molecule has 8 nitrogen and oxygen atoms in total. The van der Waals surface area contributed by atoms with E-state index < -0.39 is 0 Å². The van der Waals surface area contributed by atoms with Gasteiger partial charge in [-0.25, -0.2) is 4.98 Å². The van der Waals surface area contributed by atoms with Crippen molar-refractivity contribution in [2.75, 3.05) is 33.2 Å². The number of nitrogens with zero attached hydrogens (tertiary/aromatic N) is 1. The number of aromatic nitrogens is 1. The molecule has 0 fully saturated rings. The van der Waals surface area contributed by atoms with E-state index in [-0.39, 0.29) is 18.2 Å². The SMILES string of the molecule is COc1ccc(CCNC(=O)Cc2csc(NC(=O)c3cc(OC)cc(OC)c3)n2)cc1. The number of carbonyl (C=O) groups is 2. The van der Waals surface area contributed by atoms with E-state index in [9.17, 15) is 9.59 Å². The van der Waals surface area contributed by atoms with Gasteiger partial charge in [-0.15, -0.1) is 11.3 Å². The quantitative estimate of drug-likeness (QED) is 0.487. The maximum Gasteiger partial charge on any atom is 0.257 e. The Balaban J connectivity index is 1.49. The molecule has 2 N–H and O–H groups in total. The normalized spacial score (nSPS) is 10.3. The molecule has 0 spiro atoms. The van der Waals surface area contributed by atoms with Crippen LogP contribution in [0.15, 0.2) is 47.8 Å². The highest BCUT2D eigenvalue weighted by Crippen LogP contribution is 2.24. The Morgan fingerprint density at radius 2 is 1.59 bits per heavy atom. The molecule has 0 radical (unpaired) electrons. The van der Waals surface area contributed by atoms with Crippen molar-refractivity contribution < 1.29 is 23.8 Å². The predicted octanol–water partition coefficient (Wildman–Crippen LogP) is 3.32. The number of ether oxygens (including phenoxy) is 3. The summed E-state index contributed by atoms with van der Waals surface area (Å²) in [6.07, 6.45) is 0.861. The first kappa shape index (κ1) is 23.1. The highest BCUT2D eigenvalue weighted by Gasteiger charge is 2.13. The van der Waals surface area contributed by atoms with Crippen molar-refractivity contribution in [3.63, 3.8) is 0 Å². The lowest BCUT2D eigenvalue weighted by Gasteiger charge is -2.08. The van der Waals surface area contributed by atoms with E-state index >= 15 is 0 Å². The number of thiazole rings is 1. The molecule has 3 rings (SSSR count). The van der Waals surface area contributed by atoms with E-state index in [2.05, 4.69) is 15.6 Å². The third-order valence-corrected chi connectivity index (χ3v) is 5.43. The number of hydrogen-bond donors (Lipinski definition) is 2. The zero-order valence-corrected chi connectivity index (χ0v) is 19.0. The Bertz CT molecular complexity index is 1040. The Morgan fingerprint density at radius 3 is 2.22 bits per heavy atom. The number of nitrogens with one attached hydrogen (secondary N) is 2.